The summed E-state index contributed by atoms with van der Waals surface area (Å²) in [6.45, 7) is 8.11. The number of benzene rings is 1. The van der Waals surface area contributed by atoms with Crippen LogP contribution in [0.15, 0.2) is 36.4 Å². The smallest absolute Gasteiger partial charge is 0.123 e. The van der Waals surface area contributed by atoms with Gasteiger partial charge in [-0.3, -0.25) is 0 Å². The third-order valence-corrected chi connectivity index (χ3v) is 3.61. The number of phenolic OH excluding ortho intramolecular Hbond substituents is 2. The molecule has 0 radical (unpaired) electrons. The van der Waals surface area contributed by atoms with Crippen molar-refractivity contribution in [3.05, 3.63) is 47.6 Å². The highest BCUT2D eigenvalue weighted by Crippen LogP contribution is 2.40. The molecular formula is C19H28O2. The molecule has 2 heteroatoms. The monoisotopic (exact) mass is 288 g/mol. The fourth-order valence-electron chi connectivity index (χ4n) is 2.58. The summed E-state index contributed by atoms with van der Waals surface area (Å²) in [6, 6.07) is 3.54. The Bertz CT molecular complexity index is 487. The van der Waals surface area contributed by atoms with Gasteiger partial charge in [0.25, 0.3) is 0 Å². The first-order chi connectivity index (χ1) is 9.92. The van der Waals surface area contributed by atoms with Crippen molar-refractivity contribution in [3.63, 3.8) is 0 Å². The van der Waals surface area contributed by atoms with E-state index in [1.807, 2.05) is 26.8 Å². The fraction of sp³-hybridized carbons (Fsp3) is 0.474. The summed E-state index contributed by atoms with van der Waals surface area (Å²) in [4.78, 5) is 0. The van der Waals surface area contributed by atoms with Crippen molar-refractivity contribution in [1.29, 1.82) is 0 Å². The van der Waals surface area contributed by atoms with Gasteiger partial charge in [-0.05, 0) is 43.9 Å². The van der Waals surface area contributed by atoms with Crippen molar-refractivity contribution < 1.29 is 10.2 Å². The Kier molecular flexibility index (Phi) is 6.54. The van der Waals surface area contributed by atoms with Gasteiger partial charge in [0.2, 0.25) is 0 Å². The highest BCUT2D eigenvalue weighted by molar-refractivity contribution is 5.52. The van der Waals surface area contributed by atoms with Crippen LogP contribution in [0, 0.1) is 0 Å². The molecular weight excluding hydrogens is 260 g/mol. The number of aryl methyl sites for hydroxylation is 1. The second-order valence-corrected chi connectivity index (χ2v) is 6.03. The maximum absolute atomic E-state index is 10.3. The quantitative estimate of drug-likeness (QED) is 0.532. The summed E-state index contributed by atoms with van der Waals surface area (Å²) < 4.78 is 0. The molecule has 1 rings (SSSR count). The second-order valence-electron chi connectivity index (χ2n) is 6.03. The van der Waals surface area contributed by atoms with Crippen LogP contribution in [0.25, 0.3) is 0 Å². The van der Waals surface area contributed by atoms with Crippen LogP contribution >= 0.6 is 0 Å². The van der Waals surface area contributed by atoms with Crippen LogP contribution in [-0.4, -0.2) is 10.2 Å². The highest BCUT2D eigenvalue weighted by atomic mass is 16.3. The van der Waals surface area contributed by atoms with Gasteiger partial charge in [0, 0.05) is 11.0 Å². The van der Waals surface area contributed by atoms with Crippen LogP contribution in [0.4, 0.5) is 0 Å². The van der Waals surface area contributed by atoms with Gasteiger partial charge in [0.05, 0.1) is 0 Å². The van der Waals surface area contributed by atoms with Gasteiger partial charge in [-0.2, -0.15) is 0 Å². The number of allylic oxidation sites excluding steroid dienone is 4. The predicted octanol–water partition coefficient (Wildman–Crippen LogP) is 5.24. The van der Waals surface area contributed by atoms with Gasteiger partial charge in [0.1, 0.15) is 11.5 Å². The largest absolute Gasteiger partial charge is 0.507 e. The first-order valence-electron chi connectivity index (χ1n) is 7.76. The SMILES string of the molecule is C/C=C/CC/C=C/C(C)(C)c1c(O)cc(CCC)cc1O. The molecule has 2 N–H and O–H groups in total. The Balaban J connectivity index is 2.96. The van der Waals surface area contributed by atoms with Crippen LogP contribution in [-0.2, 0) is 11.8 Å². The average Bonchev–Trinajstić information content (AvgIpc) is 2.37. The molecule has 0 bridgehead atoms. The van der Waals surface area contributed by atoms with E-state index in [0.717, 1.165) is 31.2 Å². The minimum Gasteiger partial charge on any atom is -0.507 e. The summed E-state index contributed by atoms with van der Waals surface area (Å²) in [6.07, 6.45) is 12.2. The Labute approximate surface area is 128 Å². The molecule has 0 aliphatic heterocycles. The molecule has 0 spiro atoms. The van der Waals surface area contributed by atoms with E-state index in [2.05, 4.69) is 25.2 Å². The Morgan fingerprint density at radius 1 is 1.05 bits per heavy atom. The maximum Gasteiger partial charge on any atom is 0.123 e. The third kappa shape index (κ3) is 4.96. The first-order valence-corrected chi connectivity index (χ1v) is 7.76. The number of phenols is 2. The lowest BCUT2D eigenvalue weighted by molar-refractivity contribution is 0.419. The molecule has 0 unspecified atom stereocenters. The summed E-state index contributed by atoms with van der Waals surface area (Å²) in [5, 5.41) is 20.5. The maximum atomic E-state index is 10.3. The topological polar surface area (TPSA) is 40.5 Å². The van der Waals surface area contributed by atoms with Crippen LogP contribution in [0.5, 0.6) is 11.5 Å². The van der Waals surface area contributed by atoms with Gasteiger partial charge in [-0.1, -0.05) is 51.5 Å². The third-order valence-electron chi connectivity index (χ3n) is 3.61. The molecule has 2 nitrogen and oxygen atoms in total. The van der Waals surface area contributed by atoms with E-state index in [1.54, 1.807) is 12.1 Å². The van der Waals surface area contributed by atoms with Gasteiger partial charge >= 0.3 is 0 Å². The molecule has 0 saturated heterocycles. The summed E-state index contributed by atoms with van der Waals surface area (Å²) >= 11 is 0. The molecule has 1 aromatic carbocycles. The van der Waals surface area contributed by atoms with Gasteiger partial charge < -0.3 is 10.2 Å². The van der Waals surface area contributed by atoms with Crippen molar-refractivity contribution in [1.82, 2.24) is 0 Å². The van der Waals surface area contributed by atoms with Crippen molar-refractivity contribution in [2.24, 2.45) is 0 Å². The number of hydrogen-bond acceptors (Lipinski definition) is 2. The normalized spacial score (nSPS) is 12.6. The molecule has 116 valence electrons. The van der Waals surface area contributed by atoms with E-state index in [9.17, 15) is 10.2 Å². The predicted molar refractivity (Wildman–Crippen MR) is 90.0 cm³/mol. The molecule has 0 amide bonds. The van der Waals surface area contributed by atoms with E-state index >= 15 is 0 Å². The molecule has 0 fully saturated rings. The lowest BCUT2D eigenvalue weighted by Gasteiger charge is -2.24. The standard InChI is InChI=1S/C19H28O2/c1-5-7-8-9-10-12-19(3,4)18-16(20)13-15(11-6-2)14-17(18)21/h5,7,10,12-14,20-21H,6,8-9,11H2,1-4H3/b7-5+,12-10+. The number of rotatable bonds is 7. The van der Waals surface area contributed by atoms with Crippen LogP contribution < -0.4 is 0 Å². The summed E-state index contributed by atoms with van der Waals surface area (Å²) in [7, 11) is 0. The van der Waals surface area contributed by atoms with E-state index in [-0.39, 0.29) is 11.5 Å². The Hall–Kier alpha value is -1.70. The zero-order chi connectivity index (χ0) is 15.9. The van der Waals surface area contributed by atoms with Crippen LogP contribution in [0.1, 0.15) is 58.1 Å². The highest BCUT2D eigenvalue weighted by Gasteiger charge is 2.25. The number of unbranched alkanes of at least 4 members (excludes halogenated alkanes) is 1. The molecule has 0 saturated carbocycles. The molecule has 0 atom stereocenters. The Morgan fingerprint density at radius 3 is 2.14 bits per heavy atom. The van der Waals surface area contributed by atoms with Crippen molar-refractivity contribution in [2.45, 2.75) is 58.8 Å². The van der Waals surface area contributed by atoms with Gasteiger partial charge in [-0.15, -0.1) is 0 Å². The molecule has 0 aliphatic rings. The van der Waals surface area contributed by atoms with E-state index in [1.165, 1.54) is 0 Å². The van der Waals surface area contributed by atoms with Crippen molar-refractivity contribution in [2.75, 3.05) is 0 Å². The number of hydrogen-bond donors (Lipinski definition) is 2. The van der Waals surface area contributed by atoms with E-state index in [4.69, 9.17) is 0 Å². The molecule has 0 aliphatic carbocycles. The average molecular weight is 288 g/mol. The molecule has 0 heterocycles. The van der Waals surface area contributed by atoms with E-state index < -0.39 is 5.41 Å². The zero-order valence-corrected chi connectivity index (χ0v) is 13.7. The first kappa shape index (κ1) is 17.4. The number of aromatic hydroxyl groups is 2. The van der Waals surface area contributed by atoms with E-state index in [0.29, 0.717) is 5.56 Å². The van der Waals surface area contributed by atoms with Gasteiger partial charge in [-0.25, -0.2) is 0 Å². The lowest BCUT2D eigenvalue weighted by atomic mass is 9.82. The molecule has 1 aromatic rings. The van der Waals surface area contributed by atoms with Crippen LogP contribution in [0.3, 0.4) is 0 Å². The van der Waals surface area contributed by atoms with Crippen LogP contribution in [0.2, 0.25) is 0 Å². The minimum atomic E-state index is -0.394. The minimum absolute atomic E-state index is 0.182. The molecule has 21 heavy (non-hydrogen) atoms. The molecule has 0 aromatic heterocycles. The van der Waals surface area contributed by atoms with Crippen molar-refractivity contribution >= 4 is 0 Å². The second kappa shape index (κ2) is 7.92. The fourth-order valence-corrected chi connectivity index (χ4v) is 2.58. The lowest BCUT2D eigenvalue weighted by Crippen LogP contribution is -2.14. The van der Waals surface area contributed by atoms with Gasteiger partial charge in [0.15, 0.2) is 0 Å². The summed E-state index contributed by atoms with van der Waals surface area (Å²) in [5.74, 6) is 0.364. The summed E-state index contributed by atoms with van der Waals surface area (Å²) in [5.41, 5.74) is 1.18. The van der Waals surface area contributed by atoms with Crippen molar-refractivity contribution in [3.8, 4) is 11.5 Å². The Morgan fingerprint density at radius 2 is 1.62 bits per heavy atom. The zero-order valence-electron chi connectivity index (χ0n) is 13.7.